The molecule has 1 aromatic carbocycles. The Morgan fingerprint density at radius 1 is 1.12 bits per heavy atom. The molecule has 0 aliphatic carbocycles. The number of allylic oxidation sites excluding steroid dienone is 2. The van der Waals surface area contributed by atoms with E-state index in [4.69, 9.17) is 14.2 Å². The molecule has 166 valence electrons. The van der Waals surface area contributed by atoms with Crippen molar-refractivity contribution >= 4 is 11.9 Å². The topological polar surface area (TPSA) is 102 Å². The standard InChI is InChI=1S/C24H24N2O6/c1-24(2,23(28)31-4)19-16-11-12-18(14-7-9-15(10-8-14)22(27)30-3)25-20(16)32-21-17(19)6-5-13-26(21)29/h5-12,19,26H,13H2,1-4H3. The summed E-state index contributed by atoms with van der Waals surface area (Å²) in [7, 11) is 2.68. The van der Waals surface area contributed by atoms with Crippen molar-refractivity contribution in [1.82, 2.24) is 4.98 Å². The van der Waals surface area contributed by atoms with Gasteiger partial charge in [-0.2, -0.15) is 0 Å². The number of fused-ring (bicyclic) bond motifs is 1. The fourth-order valence-corrected chi connectivity index (χ4v) is 4.20. The molecular weight excluding hydrogens is 412 g/mol. The SMILES string of the molecule is COC(=O)c1ccc(-c2ccc3c(n2)OC2=C(C=CC[NH+]2[O-])C3C(C)(C)C(=O)OC)cc1. The van der Waals surface area contributed by atoms with Crippen molar-refractivity contribution in [3.05, 3.63) is 76.3 Å². The quantitative estimate of drug-likeness (QED) is 0.580. The second kappa shape index (κ2) is 8.22. The summed E-state index contributed by atoms with van der Waals surface area (Å²) < 4.78 is 15.8. The van der Waals surface area contributed by atoms with Crippen LogP contribution in [0.2, 0.25) is 0 Å². The Morgan fingerprint density at radius 3 is 2.50 bits per heavy atom. The minimum absolute atomic E-state index is 0.159. The number of hydrogen-bond donors (Lipinski definition) is 1. The molecule has 1 aromatic heterocycles. The van der Waals surface area contributed by atoms with Crippen molar-refractivity contribution in [2.75, 3.05) is 20.8 Å². The number of benzene rings is 1. The Kier molecular flexibility index (Phi) is 5.58. The van der Waals surface area contributed by atoms with E-state index in [1.54, 1.807) is 44.2 Å². The van der Waals surface area contributed by atoms with Crippen LogP contribution in [0.4, 0.5) is 0 Å². The molecule has 0 saturated carbocycles. The number of hydroxylamine groups is 2. The van der Waals surface area contributed by atoms with Gasteiger partial charge in [-0.15, -0.1) is 0 Å². The van der Waals surface area contributed by atoms with Crippen molar-refractivity contribution in [2.24, 2.45) is 5.41 Å². The molecule has 3 heterocycles. The first-order chi connectivity index (χ1) is 15.3. The van der Waals surface area contributed by atoms with Crippen LogP contribution in [0.3, 0.4) is 0 Å². The van der Waals surface area contributed by atoms with E-state index in [1.165, 1.54) is 14.2 Å². The molecule has 0 spiro atoms. The van der Waals surface area contributed by atoms with Crippen molar-refractivity contribution in [3.63, 3.8) is 0 Å². The Balaban J connectivity index is 1.80. The zero-order chi connectivity index (χ0) is 23.0. The van der Waals surface area contributed by atoms with Crippen molar-refractivity contribution in [2.45, 2.75) is 19.8 Å². The smallest absolute Gasteiger partial charge is 0.337 e. The van der Waals surface area contributed by atoms with E-state index in [9.17, 15) is 14.8 Å². The maximum absolute atomic E-state index is 12.6. The van der Waals surface area contributed by atoms with Crippen molar-refractivity contribution in [1.29, 1.82) is 0 Å². The first kappa shape index (κ1) is 21.7. The first-order valence-electron chi connectivity index (χ1n) is 10.2. The molecule has 2 aliphatic heterocycles. The van der Waals surface area contributed by atoms with Crippen molar-refractivity contribution in [3.8, 4) is 17.1 Å². The van der Waals surface area contributed by atoms with Gasteiger partial charge in [0.05, 0.1) is 36.5 Å². The summed E-state index contributed by atoms with van der Waals surface area (Å²) in [6.07, 6.45) is 3.62. The van der Waals surface area contributed by atoms with Gasteiger partial charge in [0.25, 0.3) is 0 Å². The van der Waals surface area contributed by atoms with E-state index in [2.05, 4.69) is 4.98 Å². The van der Waals surface area contributed by atoms with Gasteiger partial charge in [-0.25, -0.2) is 9.78 Å². The van der Waals surface area contributed by atoms with Crippen LogP contribution in [0.25, 0.3) is 11.3 Å². The highest BCUT2D eigenvalue weighted by atomic mass is 16.6. The highest BCUT2D eigenvalue weighted by molar-refractivity contribution is 5.89. The molecule has 0 saturated heterocycles. The monoisotopic (exact) mass is 436 g/mol. The van der Waals surface area contributed by atoms with Crippen LogP contribution in [-0.2, 0) is 14.3 Å². The zero-order valence-electron chi connectivity index (χ0n) is 18.3. The van der Waals surface area contributed by atoms with E-state index in [1.807, 2.05) is 18.2 Å². The van der Waals surface area contributed by atoms with Gasteiger partial charge in [0.15, 0.2) is 0 Å². The number of aromatic nitrogens is 1. The Bertz CT molecular complexity index is 1130. The van der Waals surface area contributed by atoms with Gasteiger partial charge in [0.2, 0.25) is 5.88 Å². The van der Waals surface area contributed by atoms with Crippen LogP contribution >= 0.6 is 0 Å². The van der Waals surface area contributed by atoms with Gasteiger partial charge in [0, 0.05) is 17.0 Å². The van der Waals surface area contributed by atoms with Crippen molar-refractivity contribution < 1.29 is 28.9 Å². The second-order valence-corrected chi connectivity index (χ2v) is 8.22. The van der Waals surface area contributed by atoms with Gasteiger partial charge in [0.1, 0.15) is 6.54 Å². The number of nitrogens with one attached hydrogen (secondary N) is 1. The molecule has 0 fully saturated rings. The van der Waals surface area contributed by atoms with Crippen LogP contribution in [0.5, 0.6) is 5.88 Å². The highest BCUT2D eigenvalue weighted by Gasteiger charge is 2.47. The molecule has 8 nitrogen and oxygen atoms in total. The number of methoxy groups -OCH3 is 2. The van der Waals surface area contributed by atoms with Crippen LogP contribution in [0.1, 0.15) is 35.7 Å². The molecule has 0 amide bonds. The molecule has 2 atom stereocenters. The molecule has 4 rings (SSSR count). The van der Waals surface area contributed by atoms with E-state index in [0.29, 0.717) is 22.4 Å². The summed E-state index contributed by atoms with van der Waals surface area (Å²) in [5.41, 5.74) is 2.20. The minimum atomic E-state index is -0.957. The lowest BCUT2D eigenvalue weighted by atomic mass is 9.70. The third-order valence-electron chi connectivity index (χ3n) is 5.86. The lowest BCUT2D eigenvalue weighted by Gasteiger charge is -2.39. The van der Waals surface area contributed by atoms with Crippen LogP contribution in [-0.4, -0.2) is 37.7 Å². The van der Waals surface area contributed by atoms with Crippen LogP contribution in [0.15, 0.2) is 60.0 Å². The maximum atomic E-state index is 12.6. The Hall–Kier alpha value is -3.49. The Morgan fingerprint density at radius 2 is 1.84 bits per heavy atom. The number of quaternary nitrogens is 1. The number of carbonyl (C=O) groups excluding carboxylic acids is 2. The number of nitrogens with zero attached hydrogens (tertiary/aromatic N) is 1. The predicted octanol–water partition coefficient (Wildman–Crippen LogP) is 2.37. The lowest BCUT2D eigenvalue weighted by Crippen LogP contribution is -3.06. The normalized spacial score (nSPS) is 19.5. The average Bonchev–Trinajstić information content (AvgIpc) is 2.81. The molecule has 1 N–H and O–H groups in total. The van der Waals surface area contributed by atoms with Gasteiger partial charge < -0.3 is 24.5 Å². The maximum Gasteiger partial charge on any atom is 0.337 e. The summed E-state index contributed by atoms with van der Waals surface area (Å²) >= 11 is 0. The van der Waals surface area contributed by atoms with Gasteiger partial charge in [-0.05, 0) is 44.2 Å². The van der Waals surface area contributed by atoms with E-state index in [-0.39, 0.29) is 23.4 Å². The lowest BCUT2D eigenvalue weighted by molar-refractivity contribution is -0.816. The molecule has 2 unspecified atom stereocenters. The molecule has 0 bridgehead atoms. The van der Waals surface area contributed by atoms with Crippen LogP contribution in [0, 0.1) is 10.6 Å². The number of rotatable bonds is 4. The number of esters is 2. The summed E-state index contributed by atoms with van der Waals surface area (Å²) in [6.45, 7) is 3.80. The molecule has 32 heavy (non-hydrogen) atoms. The number of ether oxygens (including phenoxy) is 3. The van der Waals surface area contributed by atoms with Gasteiger partial charge >= 0.3 is 17.8 Å². The fourth-order valence-electron chi connectivity index (χ4n) is 4.20. The third-order valence-corrected chi connectivity index (χ3v) is 5.86. The van der Waals surface area contributed by atoms with E-state index < -0.39 is 23.3 Å². The number of pyridine rings is 1. The molecular formula is C24H24N2O6. The first-order valence-corrected chi connectivity index (χ1v) is 10.2. The Labute approximate surface area is 185 Å². The largest absolute Gasteiger partial charge is 0.626 e. The number of carbonyl (C=O) groups is 2. The van der Waals surface area contributed by atoms with Gasteiger partial charge in [-0.1, -0.05) is 18.2 Å². The molecule has 0 radical (unpaired) electrons. The van der Waals surface area contributed by atoms with E-state index >= 15 is 0 Å². The molecule has 2 aliphatic rings. The minimum Gasteiger partial charge on any atom is -0.626 e. The zero-order valence-corrected chi connectivity index (χ0v) is 18.3. The summed E-state index contributed by atoms with van der Waals surface area (Å²) in [5.74, 6) is -0.778. The van der Waals surface area contributed by atoms with E-state index in [0.717, 1.165) is 5.56 Å². The average molecular weight is 436 g/mol. The molecule has 2 aromatic rings. The third kappa shape index (κ3) is 3.57. The highest BCUT2D eigenvalue weighted by Crippen LogP contribution is 2.49. The molecule has 8 heteroatoms. The fraction of sp³-hybridized carbons (Fsp3) is 0.292. The predicted molar refractivity (Wildman–Crippen MR) is 116 cm³/mol. The van der Waals surface area contributed by atoms with Gasteiger partial charge in [-0.3, -0.25) is 4.79 Å². The summed E-state index contributed by atoms with van der Waals surface area (Å²) in [5, 5.41) is 12.5. The summed E-state index contributed by atoms with van der Waals surface area (Å²) in [6, 6.07) is 10.5. The second-order valence-electron chi connectivity index (χ2n) is 8.22. The summed E-state index contributed by atoms with van der Waals surface area (Å²) in [4.78, 5) is 29.0. The van der Waals surface area contributed by atoms with Crippen LogP contribution < -0.4 is 9.80 Å². The number of hydrogen-bond acceptors (Lipinski definition) is 7.